The van der Waals surface area contributed by atoms with Crippen molar-refractivity contribution in [3.05, 3.63) is 29.3 Å². The van der Waals surface area contributed by atoms with Crippen molar-refractivity contribution < 1.29 is 14.4 Å². The van der Waals surface area contributed by atoms with E-state index in [1.165, 1.54) is 13.1 Å². The second kappa shape index (κ2) is 5.42. The van der Waals surface area contributed by atoms with Gasteiger partial charge in [-0.15, -0.1) is 0 Å². The van der Waals surface area contributed by atoms with Gasteiger partial charge in [0.1, 0.15) is 0 Å². The van der Waals surface area contributed by atoms with Gasteiger partial charge in [0, 0.05) is 12.7 Å². The minimum Gasteiger partial charge on any atom is -0.325 e. The molecule has 0 radical (unpaired) electrons. The normalized spacial score (nSPS) is 15.2. The Bertz CT molecular complexity index is 583. The summed E-state index contributed by atoms with van der Waals surface area (Å²) in [6.45, 7) is 1.95. The van der Waals surface area contributed by atoms with E-state index >= 15 is 0 Å². The quantitative estimate of drug-likeness (QED) is 0.801. The Morgan fingerprint density at radius 2 is 1.95 bits per heavy atom. The number of anilines is 1. The standard InChI is InChI=1S/C14H17N3O3/c1-3-4-11(15)12(18)16-8-5-6-9-10(7-8)14(20)17(2)13(9)19/h5-7,11H,3-4,15H2,1-2H3,(H,16,18). The monoisotopic (exact) mass is 275 g/mol. The summed E-state index contributed by atoms with van der Waals surface area (Å²) in [5.74, 6) is -0.985. The topological polar surface area (TPSA) is 92.5 Å². The third-order valence-corrected chi connectivity index (χ3v) is 3.29. The van der Waals surface area contributed by atoms with Gasteiger partial charge in [0.05, 0.1) is 17.2 Å². The third-order valence-electron chi connectivity index (χ3n) is 3.29. The van der Waals surface area contributed by atoms with Crippen LogP contribution in [-0.2, 0) is 4.79 Å². The summed E-state index contributed by atoms with van der Waals surface area (Å²) in [6.07, 6.45) is 1.41. The maximum absolute atomic E-state index is 11.8. The zero-order valence-corrected chi connectivity index (χ0v) is 11.5. The lowest BCUT2D eigenvalue weighted by molar-refractivity contribution is -0.117. The molecule has 1 aromatic rings. The number of amides is 3. The number of carbonyl (C=O) groups excluding carboxylic acids is 3. The summed E-state index contributed by atoms with van der Waals surface area (Å²) in [6, 6.07) is 4.07. The maximum atomic E-state index is 11.8. The molecular formula is C14H17N3O3. The van der Waals surface area contributed by atoms with E-state index in [0.717, 1.165) is 11.3 Å². The molecular weight excluding hydrogens is 258 g/mol. The molecule has 1 heterocycles. The van der Waals surface area contributed by atoms with Crippen molar-refractivity contribution in [3.63, 3.8) is 0 Å². The van der Waals surface area contributed by atoms with E-state index < -0.39 is 6.04 Å². The number of hydrogen-bond acceptors (Lipinski definition) is 4. The Morgan fingerprint density at radius 1 is 1.30 bits per heavy atom. The first-order chi connectivity index (χ1) is 9.45. The molecule has 2 rings (SSSR count). The molecule has 106 valence electrons. The molecule has 0 bridgehead atoms. The molecule has 3 amide bonds. The SMILES string of the molecule is CCCC(N)C(=O)Nc1ccc2c(c1)C(=O)N(C)C2=O. The van der Waals surface area contributed by atoms with Gasteiger partial charge in [-0.2, -0.15) is 0 Å². The molecule has 1 aromatic carbocycles. The molecule has 20 heavy (non-hydrogen) atoms. The molecule has 6 nitrogen and oxygen atoms in total. The fraction of sp³-hybridized carbons (Fsp3) is 0.357. The molecule has 1 atom stereocenters. The lowest BCUT2D eigenvalue weighted by Gasteiger charge is -2.11. The van der Waals surface area contributed by atoms with Crippen molar-refractivity contribution in [2.45, 2.75) is 25.8 Å². The summed E-state index contributed by atoms with van der Waals surface area (Å²) in [4.78, 5) is 36.4. The number of nitrogens with two attached hydrogens (primary N) is 1. The van der Waals surface area contributed by atoms with Crippen LogP contribution in [0.15, 0.2) is 18.2 Å². The van der Waals surface area contributed by atoms with Gasteiger partial charge in [-0.25, -0.2) is 0 Å². The molecule has 6 heteroatoms. The highest BCUT2D eigenvalue weighted by atomic mass is 16.2. The summed E-state index contributed by atoms with van der Waals surface area (Å²) in [5.41, 5.74) is 6.85. The molecule has 0 saturated heterocycles. The molecule has 3 N–H and O–H groups in total. The zero-order valence-electron chi connectivity index (χ0n) is 11.5. The highest BCUT2D eigenvalue weighted by Crippen LogP contribution is 2.24. The van der Waals surface area contributed by atoms with E-state index in [1.807, 2.05) is 6.92 Å². The van der Waals surface area contributed by atoms with Gasteiger partial charge in [-0.05, 0) is 24.6 Å². The van der Waals surface area contributed by atoms with Crippen molar-refractivity contribution in [1.82, 2.24) is 4.90 Å². The van der Waals surface area contributed by atoms with Crippen LogP contribution in [0.1, 0.15) is 40.5 Å². The van der Waals surface area contributed by atoms with Gasteiger partial charge in [0.25, 0.3) is 11.8 Å². The number of carbonyl (C=O) groups is 3. The Hall–Kier alpha value is -2.21. The van der Waals surface area contributed by atoms with E-state index in [1.54, 1.807) is 12.1 Å². The predicted molar refractivity (Wildman–Crippen MR) is 74.4 cm³/mol. The smallest absolute Gasteiger partial charge is 0.261 e. The second-order valence-electron chi connectivity index (χ2n) is 4.81. The Morgan fingerprint density at radius 3 is 2.60 bits per heavy atom. The summed E-state index contributed by atoms with van der Waals surface area (Å²) < 4.78 is 0. The van der Waals surface area contributed by atoms with Crippen molar-refractivity contribution in [2.24, 2.45) is 5.73 Å². The molecule has 1 aliphatic heterocycles. The fourth-order valence-electron chi connectivity index (χ4n) is 2.12. The predicted octanol–water partition coefficient (Wildman–Crippen LogP) is 0.978. The van der Waals surface area contributed by atoms with Crippen LogP contribution in [0.3, 0.4) is 0 Å². The van der Waals surface area contributed by atoms with Crippen molar-refractivity contribution in [3.8, 4) is 0 Å². The number of nitrogens with one attached hydrogen (secondary N) is 1. The first-order valence-electron chi connectivity index (χ1n) is 6.48. The minimum atomic E-state index is -0.576. The van der Waals surface area contributed by atoms with Crippen molar-refractivity contribution in [2.75, 3.05) is 12.4 Å². The number of benzene rings is 1. The lowest BCUT2D eigenvalue weighted by atomic mass is 10.1. The minimum absolute atomic E-state index is 0.295. The lowest BCUT2D eigenvalue weighted by Crippen LogP contribution is -2.35. The van der Waals surface area contributed by atoms with Gasteiger partial charge >= 0.3 is 0 Å². The molecule has 0 aromatic heterocycles. The first-order valence-corrected chi connectivity index (χ1v) is 6.48. The first kappa shape index (κ1) is 14.2. The van der Waals surface area contributed by atoms with Gasteiger partial charge in [-0.3, -0.25) is 19.3 Å². The number of hydrogen-bond donors (Lipinski definition) is 2. The molecule has 0 aliphatic carbocycles. The highest BCUT2D eigenvalue weighted by molar-refractivity contribution is 6.21. The Labute approximate surface area is 116 Å². The van der Waals surface area contributed by atoms with E-state index in [9.17, 15) is 14.4 Å². The summed E-state index contributed by atoms with van der Waals surface area (Å²) in [7, 11) is 1.43. The van der Waals surface area contributed by atoms with Crippen LogP contribution in [0.5, 0.6) is 0 Å². The van der Waals surface area contributed by atoms with E-state index in [-0.39, 0.29) is 17.7 Å². The highest BCUT2D eigenvalue weighted by Gasteiger charge is 2.32. The number of nitrogens with zero attached hydrogens (tertiary/aromatic N) is 1. The van der Waals surface area contributed by atoms with Crippen LogP contribution in [0.4, 0.5) is 5.69 Å². The van der Waals surface area contributed by atoms with Crippen LogP contribution in [0.25, 0.3) is 0 Å². The molecule has 1 aliphatic rings. The van der Waals surface area contributed by atoms with Crippen LogP contribution in [0, 0.1) is 0 Å². The van der Waals surface area contributed by atoms with E-state index in [2.05, 4.69) is 5.32 Å². The Kier molecular flexibility index (Phi) is 3.85. The van der Waals surface area contributed by atoms with E-state index in [4.69, 9.17) is 5.73 Å². The average Bonchev–Trinajstić information content (AvgIpc) is 2.64. The van der Waals surface area contributed by atoms with Crippen molar-refractivity contribution >= 4 is 23.4 Å². The van der Waals surface area contributed by atoms with Gasteiger partial charge in [-0.1, -0.05) is 13.3 Å². The summed E-state index contributed by atoms with van der Waals surface area (Å²) >= 11 is 0. The zero-order chi connectivity index (χ0) is 14.9. The number of fused-ring (bicyclic) bond motifs is 1. The number of imide groups is 1. The molecule has 0 fully saturated rings. The molecule has 0 spiro atoms. The van der Waals surface area contributed by atoms with Gasteiger partial charge in [0.15, 0.2) is 0 Å². The average molecular weight is 275 g/mol. The fourth-order valence-corrected chi connectivity index (χ4v) is 2.12. The van der Waals surface area contributed by atoms with Gasteiger partial charge in [0.2, 0.25) is 5.91 Å². The van der Waals surface area contributed by atoms with Crippen molar-refractivity contribution in [1.29, 1.82) is 0 Å². The molecule has 1 unspecified atom stereocenters. The van der Waals surface area contributed by atoms with Crippen LogP contribution in [0.2, 0.25) is 0 Å². The largest absolute Gasteiger partial charge is 0.325 e. The van der Waals surface area contributed by atoms with Gasteiger partial charge < -0.3 is 11.1 Å². The summed E-state index contributed by atoms with van der Waals surface area (Å²) in [5, 5.41) is 2.66. The molecule has 0 saturated carbocycles. The Balaban J connectivity index is 2.19. The third kappa shape index (κ3) is 2.42. The van der Waals surface area contributed by atoms with Crippen LogP contribution in [-0.4, -0.2) is 35.7 Å². The number of rotatable bonds is 4. The maximum Gasteiger partial charge on any atom is 0.261 e. The van der Waals surface area contributed by atoms with Crippen LogP contribution >= 0.6 is 0 Å². The second-order valence-corrected chi connectivity index (χ2v) is 4.81. The van der Waals surface area contributed by atoms with E-state index in [0.29, 0.717) is 23.2 Å². The van der Waals surface area contributed by atoms with Crippen LogP contribution < -0.4 is 11.1 Å².